The van der Waals surface area contributed by atoms with Gasteiger partial charge in [0.05, 0.1) is 11.3 Å². The van der Waals surface area contributed by atoms with Crippen LogP contribution in [0.15, 0.2) is 74.8 Å². The Kier molecular flexibility index (Phi) is 6.93. The highest BCUT2D eigenvalue weighted by Crippen LogP contribution is 2.24. The lowest BCUT2D eigenvalue weighted by Gasteiger charge is -2.09. The molecular formula is C22H16FN3O4S2. The third kappa shape index (κ3) is 5.59. The number of thioether (sulfide) groups is 1. The first-order valence-corrected chi connectivity index (χ1v) is 11.3. The van der Waals surface area contributed by atoms with Crippen LogP contribution in [0.3, 0.4) is 0 Å². The molecule has 0 bridgehead atoms. The highest BCUT2D eigenvalue weighted by Gasteiger charge is 2.16. The van der Waals surface area contributed by atoms with Crippen LogP contribution in [0, 0.1) is 5.82 Å². The summed E-state index contributed by atoms with van der Waals surface area (Å²) >= 11 is 2.71. The van der Waals surface area contributed by atoms with Crippen molar-refractivity contribution in [1.29, 1.82) is 0 Å². The van der Waals surface area contributed by atoms with Crippen molar-refractivity contribution in [2.75, 3.05) is 11.1 Å². The zero-order chi connectivity index (χ0) is 22.3. The highest BCUT2D eigenvalue weighted by molar-refractivity contribution is 8.00. The largest absolute Gasteiger partial charge is 0.452 e. The van der Waals surface area contributed by atoms with Crippen LogP contribution in [0.5, 0.6) is 0 Å². The quantitative estimate of drug-likeness (QED) is 0.286. The molecule has 0 spiro atoms. The van der Waals surface area contributed by atoms with Gasteiger partial charge in [0.15, 0.2) is 6.61 Å². The fourth-order valence-electron chi connectivity index (χ4n) is 2.66. The van der Waals surface area contributed by atoms with E-state index in [1.807, 2.05) is 16.8 Å². The summed E-state index contributed by atoms with van der Waals surface area (Å²) in [6.07, 6.45) is 0. The number of carbonyl (C=O) groups excluding carboxylic acids is 2. The normalized spacial score (nSPS) is 10.7. The number of esters is 1. The van der Waals surface area contributed by atoms with E-state index in [1.54, 1.807) is 24.3 Å². The summed E-state index contributed by atoms with van der Waals surface area (Å²) in [6.45, 7) is -0.167. The Morgan fingerprint density at radius 3 is 2.72 bits per heavy atom. The molecule has 2 heterocycles. The Labute approximate surface area is 190 Å². The number of ether oxygens (including phenoxy) is 1. The number of halogens is 1. The Morgan fingerprint density at radius 2 is 1.94 bits per heavy atom. The van der Waals surface area contributed by atoms with Gasteiger partial charge in [0.2, 0.25) is 11.7 Å². The number of nitrogens with zero attached hydrogens (tertiary/aromatic N) is 2. The number of amides is 1. The number of aromatic nitrogens is 2. The van der Waals surface area contributed by atoms with E-state index in [4.69, 9.17) is 9.26 Å². The lowest BCUT2D eigenvalue weighted by atomic mass is 10.2. The lowest BCUT2D eigenvalue weighted by Crippen LogP contribution is -2.14. The molecule has 0 radical (unpaired) electrons. The van der Waals surface area contributed by atoms with Crippen molar-refractivity contribution in [2.45, 2.75) is 11.5 Å². The van der Waals surface area contributed by atoms with Crippen molar-refractivity contribution in [1.82, 2.24) is 10.1 Å². The summed E-state index contributed by atoms with van der Waals surface area (Å²) in [7, 11) is 0. The van der Waals surface area contributed by atoms with Crippen molar-refractivity contribution in [2.24, 2.45) is 0 Å². The van der Waals surface area contributed by atoms with E-state index in [2.05, 4.69) is 15.5 Å². The Bertz CT molecular complexity index is 1210. The molecule has 4 aromatic rings. The van der Waals surface area contributed by atoms with Gasteiger partial charge >= 0.3 is 5.97 Å². The Hall–Kier alpha value is -3.50. The third-order valence-corrected chi connectivity index (χ3v) is 5.92. The minimum Gasteiger partial charge on any atom is -0.452 e. The lowest BCUT2D eigenvalue weighted by molar-refractivity contribution is -0.113. The van der Waals surface area contributed by atoms with Crippen LogP contribution in [-0.4, -0.2) is 27.8 Å². The number of hydrogen-bond donors (Lipinski definition) is 1. The van der Waals surface area contributed by atoms with Gasteiger partial charge in [-0.15, -0.1) is 11.8 Å². The van der Waals surface area contributed by atoms with Crippen molar-refractivity contribution in [3.63, 3.8) is 0 Å². The van der Waals surface area contributed by atoms with E-state index in [-0.39, 0.29) is 30.0 Å². The molecule has 0 saturated carbocycles. The standard InChI is InChI=1S/C22H16FN3O4S2/c23-15-5-7-16(8-6-15)24-19(27)13-32-18-4-2-1-3-17(18)22(28)29-11-20-25-21(26-30-20)14-9-10-31-12-14/h1-10,12H,11,13H2,(H,24,27). The number of thiophene rings is 1. The molecule has 162 valence electrons. The van der Waals surface area contributed by atoms with Crippen molar-refractivity contribution in [3.8, 4) is 11.4 Å². The molecule has 0 fully saturated rings. The SMILES string of the molecule is O=C(CSc1ccccc1C(=O)OCc1nc(-c2ccsc2)no1)Nc1ccc(F)cc1. The second kappa shape index (κ2) is 10.2. The molecule has 32 heavy (non-hydrogen) atoms. The summed E-state index contributed by atoms with van der Waals surface area (Å²) in [5.41, 5.74) is 1.65. The number of benzene rings is 2. The first-order valence-electron chi connectivity index (χ1n) is 9.38. The van der Waals surface area contributed by atoms with E-state index >= 15 is 0 Å². The van der Waals surface area contributed by atoms with Gasteiger partial charge in [-0.05, 0) is 47.8 Å². The molecule has 1 amide bonds. The average Bonchev–Trinajstić information content (AvgIpc) is 3.50. The van der Waals surface area contributed by atoms with Gasteiger partial charge < -0.3 is 14.6 Å². The minimum absolute atomic E-state index is 0.0648. The van der Waals surface area contributed by atoms with E-state index < -0.39 is 5.97 Å². The van der Waals surface area contributed by atoms with Gasteiger partial charge in [0, 0.05) is 21.5 Å². The monoisotopic (exact) mass is 469 g/mol. The smallest absolute Gasteiger partial charge is 0.339 e. The van der Waals surface area contributed by atoms with Gasteiger partial charge in [0.25, 0.3) is 5.89 Å². The van der Waals surface area contributed by atoms with Crippen molar-refractivity contribution >= 4 is 40.7 Å². The molecule has 0 unspecified atom stereocenters. The van der Waals surface area contributed by atoms with Crippen LogP contribution in [0.2, 0.25) is 0 Å². The van der Waals surface area contributed by atoms with Crippen LogP contribution in [0.1, 0.15) is 16.2 Å². The Balaban J connectivity index is 1.33. The van der Waals surface area contributed by atoms with Crippen LogP contribution >= 0.6 is 23.1 Å². The summed E-state index contributed by atoms with van der Waals surface area (Å²) in [5, 5.41) is 10.3. The molecule has 0 aliphatic rings. The fourth-order valence-corrected chi connectivity index (χ4v) is 4.14. The molecule has 4 rings (SSSR count). The average molecular weight is 470 g/mol. The summed E-state index contributed by atoms with van der Waals surface area (Å²) in [4.78, 5) is 29.6. The fraction of sp³-hybridized carbons (Fsp3) is 0.0909. The molecule has 10 heteroatoms. The highest BCUT2D eigenvalue weighted by atomic mass is 32.2. The maximum atomic E-state index is 13.0. The molecule has 0 aliphatic heterocycles. The topological polar surface area (TPSA) is 94.3 Å². The molecule has 1 N–H and O–H groups in total. The van der Waals surface area contributed by atoms with Crippen molar-refractivity contribution in [3.05, 3.63) is 82.6 Å². The third-order valence-electron chi connectivity index (χ3n) is 4.17. The minimum atomic E-state index is -0.567. The number of anilines is 1. The van der Waals surface area contributed by atoms with E-state index in [1.165, 1.54) is 47.4 Å². The zero-order valence-electron chi connectivity index (χ0n) is 16.5. The van der Waals surface area contributed by atoms with Crippen LogP contribution in [0.4, 0.5) is 10.1 Å². The van der Waals surface area contributed by atoms with Crippen LogP contribution in [-0.2, 0) is 16.1 Å². The second-order valence-electron chi connectivity index (χ2n) is 6.44. The van der Waals surface area contributed by atoms with Crippen LogP contribution < -0.4 is 5.32 Å². The van der Waals surface area contributed by atoms with E-state index in [0.717, 1.165) is 5.56 Å². The first kappa shape index (κ1) is 21.7. The molecule has 0 aliphatic carbocycles. The molecule has 2 aromatic carbocycles. The summed E-state index contributed by atoms with van der Waals surface area (Å²) in [5.74, 6) is -0.550. The maximum absolute atomic E-state index is 13.0. The van der Waals surface area contributed by atoms with Gasteiger partial charge in [-0.25, -0.2) is 9.18 Å². The number of hydrogen-bond acceptors (Lipinski definition) is 8. The second-order valence-corrected chi connectivity index (χ2v) is 8.24. The Morgan fingerprint density at radius 1 is 1.12 bits per heavy atom. The molecule has 0 atom stereocenters. The zero-order valence-corrected chi connectivity index (χ0v) is 18.1. The number of carbonyl (C=O) groups is 2. The summed E-state index contributed by atoms with van der Waals surface area (Å²) in [6, 6.07) is 14.2. The molecular weight excluding hydrogens is 453 g/mol. The molecule has 7 nitrogen and oxygen atoms in total. The van der Waals surface area contributed by atoms with Crippen molar-refractivity contribution < 1.29 is 23.2 Å². The molecule has 2 aromatic heterocycles. The van der Waals surface area contributed by atoms with Gasteiger partial charge in [-0.1, -0.05) is 17.3 Å². The van der Waals surface area contributed by atoms with E-state index in [9.17, 15) is 14.0 Å². The molecule has 0 saturated heterocycles. The van der Waals surface area contributed by atoms with Gasteiger partial charge in [-0.3, -0.25) is 4.79 Å². The van der Waals surface area contributed by atoms with E-state index in [0.29, 0.717) is 22.0 Å². The predicted octanol–water partition coefficient (Wildman–Crippen LogP) is 5.03. The number of rotatable bonds is 8. The first-order chi connectivity index (χ1) is 15.6. The number of nitrogens with one attached hydrogen (secondary N) is 1. The summed E-state index contributed by atoms with van der Waals surface area (Å²) < 4.78 is 23.4. The van der Waals surface area contributed by atoms with Gasteiger partial charge in [-0.2, -0.15) is 16.3 Å². The maximum Gasteiger partial charge on any atom is 0.339 e. The van der Waals surface area contributed by atoms with Crippen LogP contribution in [0.25, 0.3) is 11.4 Å². The predicted molar refractivity (Wildman–Crippen MR) is 119 cm³/mol. The van der Waals surface area contributed by atoms with Gasteiger partial charge in [0.1, 0.15) is 5.82 Å².